The summed E-state index contributed by atoms with van der Waals surface area (Å²) in [6, 6.07) is 7.90. The lowest BCUT2D eigenvalue weighted by Gasteiger charge is -2.11. The number of rotatable bonds is 7. The van der Waals surface area contributed by atoms with Gasteiger partial charge in [0, 0.05) is 12.5 Å². The molecule has 0 aromatic heterocycles. The molecule has 1 aliphatic carbocycles. The van der Waals surface area contributed by atoms with Gasteiger partial charge in [-0.2, -0.15) is 0 Å². The molecule has 0 spiro atoms. The Hall–Kier alpha value is -2.04. The highest BCUT2D eigenvalue weighted by molar-refractivity contribution is 5.80. The SMILES string of the molecule is COc1ccc(CCCNC(=O)[C@@H]2CC[C@H](C(=O)O)C2)cc1. The highest BCUT2D eigenvalue weighted by atomic mass is 16.5. The number of methoxy groups -OCH3 is 1. The number of aliphatic carboxylic acids is 1. The van der Waals surface area contributed by atoms with Gasteiger partial charge in [0.2, 0.25) is 5.91 Å². The van der Waals surface area contributed by atoms with Crippen molar-refractivity contribution in [2.45, 2.75) is 32.1 Å². The maximum atomic E-state index is 12.0. The summed E-state index contributed by atoms with van der Waals surface area (Å²) in [5, 5.41) is 11.9. The number of aryl methyl sites for hydroxylation is 1. The number of amides is 1. The van der Waals surface area contributed by atoms with Crippen LogP contribution in [0.5, 0.6) is 5.75 Å². The number of carboxylic acids is 1. The molecule has 0 heterocycles. The van der Waals surface area contributed by atoms with Gasteiger partial charge in [0.25, 0.3) is 0 Å². The van der Waals surface area contributed by atoms with Crippen LogP contribution in [0.15, 0.2) is 24.3 Å². The Bertz CT molecular complexity index is 512. The third-order valence-electron chi connectivity index (χ3n) is 4.25. The molecule has 5 nitrogen and oxygen atoms in total. The van der Waals surface area contributed by atoms with Gasteiger partial charge in [-0.15, -0.1) is 0 Å². The highest BCUT2D eigenvalue weighted by Gasteiger charge is 2.33. The normalized spacial score (nSPS) is 20.6. The van der Waals surface area contributed by atoms with Gasteiger partial charge in [0.1, 0.15) is 5.75 Å². The van der Waals surface area contributed by atoms with E-state index in [-0.39, 0.29) is 17.7 Å². The summed E-state index contributed by atoms with van der Waals surface area (Å²) < 4.78 is 5.11. The molecule has 1 fully saturated rings. The quantitative estimate of drug-likeness (QED) is 0.758. The van der Waals surface area contributed by atoms with Crippen molar-refractivity contribution in [2.75, 3.05) is 13.7 Å². The average molecular weight is 305 g/mol. The lowest BCUT2D eigenvalue weighted by Crippen LogP contribution is -2.30. The van der Waals surface area contributed by atoms with Crippen LogP contribution in [0.3, 0.4) is 0 Å². The topological polar surface area (TPSA) is 75.6 Å². The fraction of sp³-hybridized carbons (Fsp3) is 0.529. The number of hydrogen-bond donors (Lipinski definition) is 2. The van der Waals surface area contributed by atoms with E-state index < -0.39 is 5.97 Å². The van der Waals surface area contributed by atoms with Gasteiger partial charge in [0.05, 0.1) is 13.0 Å². The standard InChI is InChI=1S/C17H23NO4/c1-22-15-8-4-12(5-9-15)3-2-10-18-16(19)13-6-7-14(11-13)17(20)21/h4-5,8-9,13-14H,2-3,6-7,10-11H2,1H3,(H,18,19)(H,20,21)/t13-,14+/m1/s1. The van der Waals surface area contributed by atoms with Gasteiger partial charge in [0.15, 0.2) is 0 Å². The number of benzene rings is 1. The molecule has 2 N–H and O–H groups in total. The maximum absolute atomic E-state index is 12.0. The van der Waals surface area contributed by atoms with Crippen LogP contribution in [0.4, 0.5) is 0 Å². The predicted octanol–water partition coefficient (Wildman–Crippen LogP) is 2.24. The van der Waals surface area contributed by atoms with E-state index >= 15 is 0 Å². The lowest BCUT2D eigenvalue weighted by atomic mass is 10.0. The third kappa shape index (κ3) is 4.48. The molecular formula is C17H23NO4. The molecule has 0 aliphatic heterocycles. The molecule has 1 aromatic rings. The predicted molar refractivity (Wildman–Crippen MR) is 82.8 cm³/mol. The van der Waals surface area contributed by atoms with Gasteiger partial charge in [-0.1, -0.05) is 12.1 Å². The minimum atomic E-state index is -0.783. The molecule has 1 amide bonds. The van der Waals surface area contributed by atoms with E-state index in [9.17, 15) is 9.59 Å². The summed E-state index contributed by atoms with van der Waals surface area (Å²) in [7, 11) is 1.64. The zero-order valence-electron chi connectivity index (χ0n) is 12.9. The summed E-state index contributed by atoms with van der Waals surface area (Å²) in [5.41, 5.74) is 1.21. The molecule has 5 heteroatoms. The van der Waals surface area contributed by atoms with Crippen molar-refractivity contribution >= 4 is 11.9 Å². The Kier molecular flexibility index (Phi) is 5.81. The second-order valence-corrected chi connectivity index (χ2v) is 5.79. The molecule has 1 saturated carbocycles. The van der Waals surface area contributed by atoms with Crippen molar-refractivity contribution in [1.82, 2.24) is 5.32 Å². The zero-order valence-corrected chi connectivity index (χ0v) is 12.9. The summed E-state index contributed by atoms with van der Waals surface area (Å²) >= 11 is 0. The van der Waals surface area contributed by atoms with Gasteiger partial charge >= 0.3 is 5.97 Å². The van der Waals surface area contributed by atoms with Crippen LogP contribution in [0.2, 0.25) is 0 Å². The highest BCUT2D eigenvalue weighted by Crippen LogP contribution is 2.31. The van der Waals surface area contributed by atoms with Crippen LogP contribution >= 0.6 is 0 Å². The van der Waals surface area contributed by atoms with Crippen LogP contribution < -0.4 is 10.1 Å². The molecule has 2 rings (SSSR count). The molecule has 0 bridgehead atoms. The Morgan fingerprint density at radius 3 is 2.50 bits per heavy atom. The summed E-state index contributed by atoms with van der Waals surface area (Å²) in [6.07, 6.45) is 3.53. The Balaban J connectivity index is 1.66. The summed E-state index contributed by atoms with van der Waals surface area (Å²) in [5.74, 6) is -0.434. The van der Waals surface area contributed by atoms with Crippen molar-refractivity contribution < 1.29 is 19.4 Å². The fourth-order valence-corrected chi connectivity index (χ4v) is 2.88. The van der Waals surface area contributed by atoms with E-state index in [2.05, 4.69) is 5.32 Å². The molecule has 2 atom stereocenters. The molecular weight excluding hydrogens is 282 g/mol. The number of carbonyl (C=O) groups excluding carboxylic acids is 1. The summed E-state index contributed by atoms with van der Waals surface area (Å²) in [4.78, 5) is 22.9. The van der Waals surface area contributed by atoms with Gasteiger partial charge in [-0.05, 0) is 49.8 Å². The van der Waals surface area contributed by atoms with E-state index in [0.717, 1.165) is 18.6 Å². The van der Waals surface area contributed by atoms with E-state index in [1.165, 1.54) is 5.56 Å². The van der Waals surface area contributed by atoms with Gasteiger partial charge in [-0.25, -0.2) is 0 Å². The minimum Gasteiger partial charge on any atom is -0.497 e. The summed E-state index contributed by atoms with van der Waals surface area (Å²) in [6.45, 7) is 0.624. The minimum absolute atomic E-state index is 0.00141. The second kappa shape index (κ2) is 7.82. The molecule has 1 aliphatic rings. The number of carbonyl (C=O) groups is 2. The number of ether oxygens (including phenoxy) is 1. The molecule has 0 saturated heterocycles. The second-order valence-electron chi connectivity index (χ2n) is 5.79. The maximum Gasteiger partial charge on any atom is 0.306 e. The average Bonchev–Trinajstić information content (AvgIpc) is 3.02. The van der Waals surface area contributed by atoms with Crippen molar-refractivity contribution in [1.29, 1.82) is 0 Å². The van der Waals surface area contributed by atoms with Crippen molar-refractivity contribution in [3.05, 3.63) is 29.8 Å². The first-order valence-corrected chi connectivity index (χ1v) is 7.73. The monoisotopic (exact) mass is 305 g/mol. The first-order valence-electron chi connectivity index (χ1n) is 7.73. The Morgan fingerprint density at radius 2 is 1.91 bits per heavy atom. The zero-order chi connectivity index (χ0) is 15.9. The van der Waals surface area contributed by atoms with E-state index in [1.807, 2.05) is 24.3 Å². The Labute approximate surface area is 130 Å². The number of hydrogen-bond acceptors (Lipinski definition) is 3. The van der Waals surface area contributed by atoms with E-state index in [1.54, 1.807) is 7.11 Å². The van der Waals surface area contributed by atoms with Crippen LogP contribution in [0.1, 0.15) is 31.2 Å². The van der Waals surface area contributed by atoms with Crippen molar-refractivity contribution in [3.8, 4) is 5.75 Å². The van der Waals surface area contributed by atoms with Crippen LogP contribution in [-0.2, 0) is 16.0 Å². The molecule has 120 valence electrons. The van der Waals surface area contributed by atoms with E-state index in [4.69, 9.17) is 9.84 Å². The number of carboxylic acid groups (broad SMARTS) is 1. The first-order chi connectivity index (χ1) is 10.6. The van der Waals surface area contributed by atoms with Crippen LogP contribution in [-0.4, -0.2) is 30.6 Å². The van der Waals surface area contributed by atoms with Crippen LogP contribution in [0.25, 0.3) is 0 Å². The largest absolute Gasteiger partial charge is 0.497 e. The third-order valence-corrected chi connectivity index (χ3v) is 4.25. The van der Waals surface area contributed by atoms with Crippen molar-refractivity contribution in [3.63, 3.8) is 0 Å². The fourth-order valence-electron chi connectivity index (χ4n) is 2.88. The first kappa shape index (κ1) is 16.3. The van der Waals surface area contributed by atoms with E-state index in [0.29, 0.717) is 25.8 Å². The molecule has 0 unspecified atom stereocenters. The Morgan fingerprint density at radius 1 is 1.23 bits per heavy atom. The van der Waals surface area contributed by atoms with Gasteiger partial charge < -0.3 is 15.2 Å². The smallest absolute Gasteiger partial charge is 0.306 e. The van der Waals surface area contributed by atoms with Crippen molar-refractivity contribution in [2.24, 2.45) is 11.8 Å². The van der Waals surface area contributed by atoms with Crippen LogP contribution in [0, 0.1) is 11.8 Å². The molecule has 0 radical (unpaired) electrons. The lowest BCUT2D eigenvalue weighted by molar-refractivity contribution is -0.141. The van der Waals surface area contributed by atoms with Gasteiger partial charge in [-0.3, -0.25) is 9.59 Å². The number of nitrogens with one attached hydrogen (secondary N) is 1. The molecule has 22 heavy (non-hydrogen) atoms. The molecule has 1 aromatic carbocycles.